The van der Waals surface area contributed by atoms with Crippen LogP contribution in [-0.4, -0.2) is 30.1 Å². The number of aryl methyl sites for hydroxylation is 2. The number of hydrogen-bond donors (Lipinski definition) is 1. The standard InChI is InChI=1S/C19H18N6O/c1-13-8-14(2)25-7-6-17(18(25)22-13)19(26)23-16-5-3-4-15(9-16)10-24-12-20-11-21-24/h3-9,11-12H,10H2,1-2H3,(H,23,26). The predicted octanol–water partition coefficient (Wildman–Crippen LogP) is 2.84. The van der Waals surface area contributed by atoms with E-state index in [4.69, 9.17) is 0 Å². The van der Waals surface area contributed by atoms with Crippen molar-refractivity contribution in [1.82, 2.24) is 24.1 Å². The van der Waals surface area contributed by atoms with Gasteiger partial charge in [-0.1, -0.05) is 12.1 Å². The van der Waals surface area contributed by atoms with Gasteiger partial charge in [0.1, 0.15) is 18.3 Å². The highest BCUT2D eigenvalue weighted by Crippen LogP contribution is 2.17. The first-order chi connectivity index (χ1) is 12.6. The number of anilines is 1. The van der Waals surface area contributed by atoms with Crippen LogP contribution in [0.15, 0.2) is 55.2 Å². The van der Waals surface area contributed by atoms with Crippen LogP contribution in [0.2, 0.25) is 0 Å². The van der Waals surface area contributed by atoms with E-state index < -0.39 is 0 Å². The normalized spacial score (nSPS) is 11.0. The lowest BCUT2D eigenvalue weighted by atomic mass is 10.2. The average Bonchev–Trinajstić information content (AvgIpc) is 3.24. The van der Waals surface area contributed by atoms with Crippen LogP contribution in [0.4, 0.5) is 5.69 Å². The Bertz CT molecular complexity index is 1080. The maximum Gasteiger partial charge on any atom is 0.259 e. The Balaban J connectivity index is 1.59. The van der Waals surface area contributed by atoms with Gasteiger partial charge in [-0.15, -0.1) is 0 Å². The number of carbonyl (C=O) groups is 1. The van der Waals surface area contributed by atoms with Gasteiger partial charge in [0.2, 0.25) is 0 Å². The Morgan fingerprint density at radius 3 is 2.88 bits per heavy atom. The average molecular weight is 346 g/mol. The molecule has 26 heavy (non-hydrogen) atoms. The lowest BCUT2D eigenvalue weighted by molar-refractivity contribution is 0.102. The van der Waals surface area contributed by atoms with Gasteiger partial charge in [-0.25, -0.2) is 14.6 Å². The van der Waals surface area contributed by atoms with Gasteiger partial charge in [0.25, 0.3) is 5.91 Å². The lowest BCUT2D eigenvalue weighted by Crippen LogP contribution is -2.13. The summed E-state index contributed by atoms with van der Waals surface area (Å²) in [7, 11) is 0. The molecule has 0 saturated carbocycles. The van der Waals surface area contributed by atoms with Gasteiger partial charge < -0.3 is 9.72 Å². The Hall–Kier alpha value is -3.48. The molecule has 0 saturated heterocycles. The highest BCUT2D eigenvalue weighted by Gasteiger charge is 2.14. The van der Waals surface area contributed by atoms with Gasteiger partial charge in [0.05, 0.1) is 12.1 Å². The molecule has 7 heteroatoms. The van der Waals surface area contributed by atoms with Crippen molar-refractivity contribution in [2.45, 2.75) is 20.4 Å². The van der Waals surface area contributed by atoms with E-state index in [2.05, 4.69) is 20.4 Å². The molecular weight excluding hydrogens is 328 g/mol. The van der Waals surface area contributed by atoms with E-state index in [-0.39, 0.29) is 5.91 Å². The lowest BCUT2D eigenvalue weighted by Gasteiger charge is -2.08. The molecule has 0 radical (unpaired) electrons. The zero-order valence-electron chi connectivity index (χ0n) is 14.5. The van der Waals surface area contributed by atoms with Gasteiger partial charge in [0, 0.05) is 23.3 Å². The zero-order valence-corrected chi connectivity index (χ0v) is 14.5. The van der Waals surface area contributed by atoms with Crippen molar-refractivity contribution in [1.29, 1.82) is 0 Å². The number of hydrogen-bond acceptors (Lipinski definition) is 4. The van der Waals surface area contributed by atoms with Crippen molar-refractivity contribution in [2.24, 2.45) is 0 Å². The summed E-state index contributed by atoms with van der Waals surface area (Å²) in [6.45, 7) is 4.52. The third-order valence-electron chi connectivity index (χ3n) is 4.18. The van der Waals surface area contributed by atoms with Crippen LogP contribution < -0.4 is 5.32 Å². The minimum absolute atomic E-state index is 0.178. The molecule has 0 unspecified atom stereocenters. The maximum absolute atomic E-state index is 12.7. The molecule has 0 bridgehead atoms. The minimum Gasteiger partial charge on any atom is -0.322 e. The number of fused-ring (bicyclic) bond motifs is 1. The topological polar surface area (TPSA) is 77.1 Å². The molecule has 0 aliphatic heterocycles. The van der Waals surface area contributed by atoms with E-state index in [0.29, 0.717) is 17.8 Å². The van der Waals surface area contributed by atoms with Crippen molar-refractivity contribution in [3.63, 3.8) is 0 Å². The fourth-order valence-electron chi connectivity index (χ4n) is 3.02. The SMILES string of the molecule is Cc1cc(C)n2ccc(C(=O)Nc3cccc(Cn4cncn4)c3)c2n1. The van der Waals surface area contributed by atoms with Gasteiger partial charge in [-0.2, -0.15) is 5.10 Å². The minimum atomic E-state index is -0.178. The third-order valence-corrected chi connectivity index (χ3v) is 4.18. The van der Waals surface area contributed by atoms with E-state index in [0.717, 1.165) is 22.6 Å². The number of nitrogens with one attached hydrogen (secondary N) is 1. The molecule has 1 amide bonds. The Kier molecular flexibility index (Phi) is 3.96. The summed E-state index contributed by atoms with van der Waals surface area (Å²) >= 11 is 0. The first-order valence-electron chi connectivity index (χ1n) is 8.28. The summed E-state index contributed by atoms with van der Waals surface area (Å²) < 4.78 is 3.65. The van der Waals surface area contributed by atoms with Crippen molar-refractivity contribution in [3.8, 4) is 0 Å². The fraction of sp³-hybridized carbons (Fsp3) is 0.158. The van der Waals surface area contributed by atoms with Gasteiger partial charge in [-0.3, -0.25) is 4.79 Å². The van der Waals surface area contributed by atoms with E-state index in [9.17, 15) is 4.79 Å². The Morgan fingerprint density at radius 1 is 1.19 bits per heavy atom. The van der Waals surface area contributed by atoms with E-state index in [1.54, 1.807) is 17.1 Å². The monoisotopic (exact) mass is 346 g/mol. The Labute approximate surface area is 150 Å². The molecule has 0 atom stereocenters. The number of rotatable bonds is 4. The second-order valence-corrected chi connectivity index (χ2v) is 6.21. The van der Waals surface area contributed by atoms with E-state index in [1.807, 2.05) is 54.8 Å². The molecule has 0 spiro atoms. The highest BCUT2D eigenvalue weighted by molar-refractivity contribution is 6.08. The predicted molar refractivity (Wildman–Crippen MR) is 98.2 cm³/mol. The summed E-state index contributed by atoms with van der Waals surface area (Å²) in [5, 5.41) is 7.06. The molecular formula is C19H18N6O. The number of aromatic nitrogens is 5. The van der Waals surface area contributed by atoms with Crippen molar-refractivity contribution < 1.29 is 4.79 Å². The second-order valence-electron chi connectivity index (χ2n) is 6.21. The van der Waals surface area contributed by atoms with Crippen LogP contribution in [0, 0.1) is 13.8 Å². The largest absolute Gasteiger partial charge is 0.322 e. The first-order valence-corrected chi connectivity index (χ1v) is 8.28. The maximum atomic E-state index is 12.7. The Morgan fingerprint density at radius 2 is 2.08 bits per heavy atom. The van der Waals surface area contributed by atoms with Crippen LogP contribution >= 0.6 is 0 Å². The smallest absolute Gasteiger partial charge is 0.259 e. The van der Waals surface area contributed by atoms with Crippen molar-refractivity contribution >= 4 is 17.2 Å². The van der Waals surface area contributed by atoms with Gasteiger partial charge >= 0.3 is 0 Å². The van der Waals surface area contributed by atoms with Crippen molar-refractivity contribution in [3.05, 3.63) is 77.8 Å². The molecule has 0 fully saturated rings. The molecule has 3 aromatic heterocycles. The van der Waals surface area contributed by atoms with E-state index >= 15 is 0 Å². The van der Waals surface area contributed by atoms with Crippen LogP contribution in [0.3, 0.4) is 0 Å². The van der Waals surface area contributed by atoms with Crippen molar-refractivity contribution in [2.75, 3.05) is 5.32 Å². The van der Waals surface area contributed by atoms with Crippen LogP contribution in [0.5, 0.6) is 0 Å². The summed E-state index contributed by atoms with van der Waals surface area (Å²) in [6, 6.07) is 11.5. The van der Waals surface area contributed by atoms with Crippen LogP contribution in [-0.2, 0) is 6.54 Å². The summed E-state index contributed by atoms with van der Waals surface area (Å²) in [5.74, 6) is -0.178. The van der Waals surface area contributed by atoms with Gasteiger partial charge in [-0.05, 0) is 43.7 Å². The second kappa shape index (κ2) is 6.44. The first kappa shape index (κ1) is 16.0. The molecule has 130 valence electrons. The molecule has 0 aliphatic rings. The summed E-state index contributed by atoms with van der Waals surface area (Å²) in [5.41, 5.74) is 4.91. The van der Waals surface area contributed by atoms with Gasteiger partial charge in [0.15, 0.2) is 0 Å². The molecule has 1 N–H and O–H groups in total. The molecule has 0 aliphatic carbocycles. The molecule has 4 rings (SSSR count). The molecule has 1 aromatic carbocycles. The summed E-state index contributed by atoms with van der Waals surface area (Å²) in [4.78, 5) is 21.2. The van der Waals surface area contributed by atoms with Crippen LogP contribution in [0.1, 0.15) is 27.3 Å². The zero-order chi connectivity index (χ0) is 18.1. The third kappa shape index (κ3) is 3.06. The number of benzene rings is 1. The molecule has 3 heterocycles. The summed E-state index contributed by atoms with van der Waals surface area (Å²) in [6.07, 6.45) is 5.03. The number of amides is 1. The highest BCUT2D eigenvalue weighted by atomic mass is 16.1. The van der Waals surface area contributed by atoms with E-state index in [1.165, 1.54) is 6.33 Å². The quantitative estimate of drug-likeness (QED) is 0.616. The fourth-order valence-corrected chi connectivity index (χ4v) is 3.02. The molecule has 4 aromatic rings. The number of carbonyl (C=O) groups excluding carboxylic acids is 1. The molecule has 7 nitrogen and oxygen atoms in total. The van der Waals surface area contributed by atoms with Crippen LogP contribution in [0.25, 0.3) is 5.65 Å². The number of nitrogens with zero attached hydrogens (tertiary/aromatic N) is 5.